The molecule has 0 aromatic heterocycles. The second-order valence-electron chi connectivity index (χ2n) is 16.0. The fraction of sp³-hybridized carbons (Fsp3) is 0.156. The molecule has 6 aromatic rings. The molecule has 0 aliphatic carbocycles. The van der Waals surface area contributed by atoms with Gasteiger partial charge in [0, 0.05) is 27.9 Å². The van der Waals surface area contributed by atoms with Gasteiger partial charge in [-0.1, -0.05) is 74.5 Å². The summed E-state index contributed by atoms with van der Waals surface area (Å²) in [6, 6.07) is 50.1. The number of benzene rings is 6. The summed E-state index contributed by atoms with van der Waals surface area (Å²) >= 11 is 11.7. The molecule has 0 aliphatic heterocycles. The second kappa shape index (κ2) is 28.9. The summed E-state index contributed by atoms with van der Waals surface area (Å²) in [5, 5.41) is 13.8. The van der Waals surface area contributed by atoms with Crippen molar-refractivity contribution < 1.29 is 47.3 Å². The van der Waals surface area contributed by atoms with Gasteiger partial charge in [-0.05, 0) is 101 Å². The SMILES string of the molecule is CN(COc1ccc(P(=N[PH](=S)Oc2ccc(C=NN(C)[PH](=S)Oc3ccc(CCN(CP(=O)(O)O)C[PH](O)(O)O)cc3)cc2)(c2ccccc2)c2ccccc2)cc1)N=Cc1ccc(OPP(P)N=[N+]=[N-])cc1. The Morgan fingerprint density at radius 1 is 0.743 bits per heavy atom. The normalized spacial score (nSPS) is 13.6. The van der Waals surface area contributed by atoms with Crippen molar-refractivity contribution in [1.82, 2.24) is 14.7 Å². The maximum atomic E-state index is 11.5. The molecule has 5 N–H and O–H groups in total. The second-order valence-corrected chi connectivity index (χ2v) is 33.5. The maximum Gasteiger partial charge on any atom is 0.123 e. The smallest absolute Gasteiger partial charge is 0.123 e. The Hall–Kier alpha value is -3.99. The Morgan fingerprint density at radius 2 is 1.26 bits per heavy atom. The van der Waals surface area contributed by atoms with Crippen LogP contribution >= 0.6 is 61.6 Å². The van der Waals surface area contributed by atoms with Gasteiger partial charge in [0.1, 0.15) is 25.7 Å². The molecule has 0 fully saturated rings. The molecule has 0 radical (unpaired) electrons. The number of nitrogens with zero attached hydrogens (tertiary/aromatic N) is 9. The summed E-state index contributed by atoms with van der Waals surface area (Å²) in [5.74, 6) is 2.41. The zero-order valence-electron chi connectivity index (χ0n) is 39.7. The average molecular weight is 1190 g/mol. The van der Waals surface area contributed by atoms with Gasteiger partial charge >= 0.3 is 151 Å². The third-order valence-corrected chi connectivity index (χ3v) is 23.5. The first-order chi connectivity index (χ1) is 35.4. The first-order valence-corrected chi connectivity index (χ1v) is 37.3. The number of hydrazone groups is 2. The van der Waals surface area contributed by atoms with E-state index in [9.17, 15) is 29.0 Å². The van der Waals surface area contributed by atoms with Crippen molar-refractivity contribution >= 4 is 114 Å². The summed E-state index contributed by atoms with van der Waals surface area (Å²) in [6.07, 6.45) is 2.37. The summed E-state index contributed by atoms with van der Waals surface area (Å²) in [6.45, 7) is 0.267. The first kappa shape index (κ1) is 59.3. The molecule has 0 spiro atoms. The molecule has 5 atom stereocenters. The van der Waals surface area contributed by atoms with Gasteiger partial charge in [-0.25, -0.2) is 4.52 Å². The van der Waals surface area contributed by atoms with Crippen LogP contribution < -0.4 is 34.2 Å². The van der Waals surface area contributed by atoms with Crippen LogP contribution in [0.1, 0.15) is 16.7 Å². The van der Waals surface area contributed by atoms with Gasteiger partial charge in [-0.2, -0.15) is 5.10 Å². The van der Waals surface area contributed by atoms with E-state index in [4.69, 9.17) is 52.0 Å². The van der Waals surface area contributed by atoms with Crippen LogP contribution in [0.2, 0.25) is 0 Å². The Morgan fingerprint density at radius 3 is 1.81 bits per heavy atom. The molecule has 0 saturated carbocycles. The van der Waals surface area contributed by atoms with Gasteiger partial charge in [0.05, 0.1) is 26.9 Å². The number of azide groups is 1. The largest absolute Gasteiger partial charge is 0.472 e. The van der Waals surface area contributed by atoms with E-state index in [0.717, 1.165) is 37.5 Å². The van der Waals surface area contributed by atoms with Crippen molar-refractivity contribution in [3.8, 4) is 23.0 Å². The van der Waals surface area contributed by atoms with E-state index >= 15 is 0 Å². The van der Waals surface area contributed by atoms with Gasteiger partial charge in [0.2, 0.25) is 7.07 Å². The molecule has 29 heteroatoms. The quantitative estimate of drug-likeness (QED) is 0.00612. The van der Waals surface area contributed by atoms with Crippen LogP contribution in [-0.4, -0.2) is 91.5 Å². The molecule has 392 valence electrons. The van der Waals surface area contributed by atoms with E-state index < -0.39 is 56.8 Å². The topological polar surface area (TPSA) is 251 Å². The molecular formula is C45H55N9O10P8S2. The van der Waals surface area contributed by atoms with Crippen LogP contribution in [0.25, 0.3) is 10.4 Å². The maximum absolute atomic E-state index is 11.5. The summed E-state index contributed by atoms with van der Waals surface area (Å²) in [5.41, 5.74) is 11.1. The Balaban J connectivity index is 1.08. The molecular weight excluding hydrogens is 1140 g/mol. The third kappa shape index (κ3) is 19.5. The number of rotatable bonds is 27. The molecule has 0 bridgehead atoms. The van der Waals surface area contributed by atoms with E-state index in [-0.39, 0.29) is 21.8 Å². The van der Waals surface area contributed by atoms with Crippen molar-refractivity contribution in [1.29, 1.82) is 0 Å². The van der Waals surface area contributed by atoms with Gasteiger partial charge in [-0.15, -0.1) is 0 Å². The Kier molecular flexibility index (Phi) is 23.2. The van der Waals surface area contributed by atoms with Crippen molar-refractivity contribution in [3.63, 3.8) is 0 Å². The fourth-order valence-electron chi connectivity index (χ4n) is 6.82. The summed E-state index contributed by atoms with van der Waals surface area (Å²) in [7, 11) is -10.9. The van der Waals surface area contributed by atoms with Crippen molar-refractivity contribution in [2.45, 2.75) is 6.42 Å². The average Bonchev–Trinajstić information content (AvgIpc) is 3.38. The number of hydrogen-bond donors (Lipinski definition) is 5. The van der Waals surface area contributed by atoms with E-state index in [1.165, 1.54) is 0 Å². The molecule has 0 heterocycles. The van der Waals surface area contributed by atoms with Gasteiger partial charge in [0.25, 0.3) is 0 Å². The zero-order valence-corrected chi connectivity index (χ0v) is 49.2. The summed E-state index contributed by atoms with van der Waals surface area (Å²) < 4.78 is 42.9. The standard InChI is InChI=1S/C45H55N9O10P8S2/c1-52(47-31-37-15-19-40(20-16-37)62-66-68(65)50-49-46)33-61-39-25-27-45(28-26-39)72(43-9-5-3-6-10-43,44-11-7-4-8-12-44)51-67(73)63-41-23-17-38(18-24-41)32-48-53(2)69(74)64-42-21-13-36(14-22-42)29-30-54(34-70(55,56)57)35-71(58,59)60/h3-28,31-32,55-57,66-67,69-70H,29-30,33-35,65H2,1-2H3,(H2,58,59,60). The molecule has 5 unspecified atom stereocenters. The fourth-order valence-corrected chi connectivity index (χ4v) is 18.5. The van der Waals surface area contributed by atoms with Crippen molar-refractivity contribution in [2.75, 3.05) is 39.9 Å². The van der Waals surface area contributed by atoms with E-state index in [1.807, 2.05) is 116 Å². The van der Waals surface area contributed by atoms with E-state index in [0.29, 0.717) is 29.4 Å². The summed E-state index contributed by atoms with van der Waals surface area (Å²) in [4.78, 5) is 54.8. The van der Waals surface area contributed by atoms with Crippen molar-refractivity contribution in [3.05, 3.63) is 185 Å². The molecule has 6 rings (SSSR count). The number of ether oxygens (including phenoxy) is 1. The minimum absolute atomic E-state index is 0.0472. The van der Waals surface area contributed by atoms with Crippen LogP contribution in [0.4, 0.5) is 0 Å². The molecule has 74 heavy (non-hydrogen) atoms. The van der Waals surface area contributed by atoms with Crippen LogP contribution in [-0.2, 0) is 34.6 Å². The Bertz CT molecular complexity index is 2970. The predicted octanol–water partition coefficient (Wildman–Crippen LogP) is 9.70. The third-order valence-electron chi connectivity index (χ3n) is 10.2. The van der Waals surface area contributed by atoms with E-state index in [2.05, 4.69) is 53.2 Å². The van der Waals surface area contributed by atoms with Gasteiger partial charge in [-0.3, -0.25) is 5.01 Å². The first-order valence-electron chi connectivity index (χ1n) is 22.1. The van der Waals surface area contributed by atoms with Crippen LogP contribution in [0.3, 0.4) is 0 Å². The Labute approximate surface area is 446 Å². The van der Waals surface area contributed by atoms with Gasteiger partial charge in [0.15, 0.2) is 6.73 Å². The molecule has 0 amide bonds. The monoisotopic (exact) mass is 1190 g/mol. The van der Waals surface area contributed by atoms with Crippen LogP contribution in [0, 0.1) is 0 Å². The molecule has 6 aromatic carbocycles. The molecule has 0 saturated heterocycles. The van der Waals surface area contributed by atoms with Crippen LogP contribution in [0.5, 0.6) is 23.0 Å². The molecule has 19 nitrogen and oxygen atoms in total. The van der Waals surface area contributed by atoms with E-state index in [1.54, 1.807) is 53.5 Å². The minimum atomic E-state index is -4.57. The number of hydrogen-bond acceptors (Lipinski definition) is 15. The minimum Gasteiger partial charge on any atom is -0.472 e. The molecule has 0 aliphatic rings. The van der Waals surface area contributed by atoms with Crippen LogP contribution in [0.15, 0.2) is 177 Å². The zero-order chi connectivity index (χ0) is 53.1. The van der Waals surface area contributed by atoms with Gasteiger partial charge < -0.3 is 13.8 Å². The predicted molar refractivity (Wildman–Crippen MR) is 318 cm³/mol. The van der Waals surface area contributed by atoms with Crippen molar-refractivity contribution in [2.24, 2.45) is 19.6 Å².